The molecule has 31 valence electrons. The summed E-state index contributed by atoms with van der Waals surface area (Å²) < 4.78 is 1.26. The van der Waals surface area contributed by atoms with Crippen LogP contribution in [0.15, 0.2) is 0 Å². The quantitative estimate of drug-likeness (QED) is 0.453. The third-order valence-corrected chi connectivity index (χ3v) is 1.02. The SMILES string of the molecule is C[CH]CCI. The molecule has 1 heteroatoms. The van der Waals surface area contributed by atoms with E-state index in [1.165, 1.54) is 10.8 Å². The van der Waals surface area contributed by atoms with Crippen molar-refractivity contribution in [2.75, 3.05) is 4.43 Å². The average Bonchev–Trinajstić information content (AvgIpc) is 1.41. The van der Waals surface area contributed by atoms with Crippen molar-refractivity contribution in [2.45, 2.75) is 13.3 Å². The molecule has 0 bridgehead atoms. The van der Waals surface area contributed by atoms with E-state index in [1.54, 1.807) is 0 Å². The standard InChI is InChI=1S/C4H8I/c1-2-3-4-5/h2H,3-4H2,1H3. The zero-order valence-corrected chi connectivity index (χ0v) is 5.53. The highest BCUT2D eigenvalue weighted by molar-refractivity contribution is 14.1. The summed E-state index contributed by atoms with van der Waals surface area (Å²) in [5.74, 6) is 0. The molecule has 0 atom stereocenters. The number of alkyl halides is 1. The minimum absolute atomic E-state index is 1.25. The van der Waals surface area contributed by atoms with Crippen LogP contribution >= 0.6 is 22.6 Å². The number of hydrogen-bond donors (Lipinski definition) is 0. The first-order valence-corrected chi connectivity index (χ1v) is 3.28. The molecule has 0 rings (SSSR count). The van der Waals surface area contributed by atoms with Crippen LogP contribution in [0.25, 0.3) is 0 Å². The topological polar surface area (TPSA) is 0 Å². The Kier molecular flexibility index (Phi) is 5.42. The number of rotatable bonds is 2. The maximum absolute atomic E-state index is 2.36. The molecule has 0 amide bonds. The highest BCUT2D eigenvalue weighted by Gasteiger charge is 1.70. The molecule has 0 fully saturated rings. The summed E-state index contributed by atoms with van der Waals surface area (Å²) in [6, 6.07) is 0. The predicted octanol–water partition coefficient (Wildman–Crippen LogP) is 2.04. The smallest absolute Gasteiger partial charge is 0.000209 e. The second kappa shape index (κ2) is 4.73. The van der Waals surface area contributed by atoms with Crippen LogP contribution in [-0.4, -0.2) is 4.43 Å². The van der Waals surface area contributed by atoms with E-state index < -0.39 is 0 Å². The summed E-state index contributed by atoms with van der Waals surface area (Å²) in [5, 5.41) is 0. The third-order valence-electron chi connectivity index (χ3n) is 0.398. The minimum atomic E-state index is 1.25. The molecule has 0 aliphatic carbocycles. The fraction of sp³-hybridized carbons (Fsp3) is 0.750. The van der Waals surface area contributed by atoms with Gasteiger partial charge in [-0.1, -0.05) is 29.5 Å². The Hall–Kier alpha value is 0.730. The Morgan fingerprint density at radius 2 is 2.40 bits per heavy atom. The van der Waals surface area contributed by atoms with Gasteiger partial charge in [0.25, 0.3) is 0 Å². The van der Waals surface area contributed by atoms with Crippen molar-refractivity contribution < 1.29 is 0 Å². The van der Waals surface area contributed by atoms with E-state index in [0.29, 0.717) is 0 Å². The lowest BCUT2D eigenvalue weighted by Gasteiger charge is -1.77. The van der Waals surface area contributed by atoms with Crippen molar-refractivity contribution in [2.24, 2.45) is 0 Å². The molecule has 0 aliphatic heterocycles. The highest BCUT2D eigenvalue weighted by atomic mass is 127. The van der Waals surface area contributed by atoms with Crippen LogP contribution in [0.1, 0.15) is 13.3 Å². The van der Waals surface area contributed by atoms with Gasteiger partial charge >= 0.3 is 0 Å². The molecular formula is C4H8I. The van der Waals surface area contributed by atoms with E-state index in [0.717, 1.165) is 0 Å². The summed E-state index contributed by atoms with van der Waals surface area (Å²) in [4.78, 5) is 0. The summed E-state index contributed by atoms with van der Waals surface area (Å²) in [5.41, 5.74) is 0. The lowest BCUT2D eigenvalue weighted by Crippen LogP contribution is -1.65. The molecule has 0 saturated heterocycles. The Labute approximate surface area is 47.1 Å². The Morgan fingerprint density at radius 3 is 2.40 bits per heavy atom. The average molecular weight is 183 g/mol. The van der Waals surface area contributed by atoms with E-state index in [2.05, 4.69) is 35.9 Å². The lowest BCUT2D eigenvalue weighted by molar-refractivity contribution is 1.13. The monoisotopic (exact) mass is 183 g/mol. The fourth-order valence-corrected chi connectivity index (χ4v) is 0.732. The van der Waals surface area contributed by atoms with Gasteiger partial charge < -0.3 is 0 Å². The minimum Gasteiger partial charge on any atom is -0.0864 e. The van der Waals surface area contributed by atoms with Crippen molar-refractivity contribution in [3.05, 3.63) is 6.42 Å². The third kappa shape index (κ3) is 4.73. The lowest BCUT2D eigenvalue weighted by atomic mass is 10.4. The molecule has 1 radical (unpaired) electrons. The van der Waals surface area contributed by atoms with Crippen molar-refractivity contribution >= 4 is 22.6 Å². The zero-order chi connectivity index (χ0) is 4.12. The van der Waals surface area contributed by atoms with Crippen LogP contribution in [0.2, 0.25) is 0 Å². The molecule has 0 aromatic heterocycles. The maximum atomic E-state index is 2.36. The molecular weight excluding hydrogens is 175 g/mol. The van der Waals surface area contributed by atoms with Crippen molar-refractivity contribution in [1.82, 2.24) is 0 Å². The summed E-state index contributed by atoms with van der Waals surface area (Å²) in [6.07, 6.45) is 3.42. The first-order valence-electron chi connectivity index (χ1n) is 1.75. The van der Waals surface area contributed by atoms with E-state index in [-0.39, 0.29) is 0 Å². The molecule has 5 heavy (non-hydrogen) atoms. The van der Waals surface area contributed by atoms with Gasteiger partial charge in [0.2, 0.25) is 0 Å². The largest absolute Gasteiger partial charge is 0.0864 e. The van der Waals surface area contributed by atoms with Gasteiger partial charge in [-0.25, -0.2) is 0 Å². The molecule has 0 aromatic carbocycles. The molecule has 0 aromatic rings. The van der Waals surface area contributed by atoms with Gasteiger partial charge in [-0.05, 0) is 17.3 Å². The fourth-order valence-electron chi connectivity index (χ4n) is 0.109. The normalized spacial score (nSPS) is 8.40. The second-order valence-corrected chi connectivity index (χ2v) is 1.96. The first-order chi connectivity index (χ1) is 2.41. The molecule has 0 saturated carbocycles. The van der Waals surface area contributed by atoms with Crippen LogP contribution < -0.4 is 0 Å². The molecule has 0 N–H and O–H groups in total. The molecule has 0 heterocycles. The Balaban J connectivity index is 2.19. The number of halogens is 1. The van der Waals surface area contributed by atoms with Crippen LogP contribution in [0, 0.1) is 6.42 Å². The predicted molar refractivity (Wildman–Crippen MR) is 33.5 cm³/mol. The molecule has 0 nitrogen and oxygen atoms in total. The van der Waals surface area contributed by atoms with Gasteiger partial charge in [0.05, 0.1) is 0 Å². The maximum Gasteiger partial charge on any atom is -0.000209 e. The number of unbranched alkanes of at least 4 members (excludes halogenated alkanes) is 1. The van der Waals surface area contributed by atoms with E-state index in [4.69, 9.17) is 0 Å². The van der Waals surface area contributed by atoms with Crippen molar-refractivity contribution in [3.8, 4) is 0 Å². The van der Waals surface area contributed by atoms with Crippen LogP contribution in [0.3, 0.4) is 0 Å². The van der Waals surface area contributed by atoms with Gasteiger partial charge in [0.1, 0.15) is 0 Å². The van der Waals surface area contributed by atoms with Crippen LogP contribution in [0.5, 0.6) is 0 Å². The van der Waals surface area contributed by atoms with E-state index in [1.807, 2.05) is 0 Å². The summed E-state index contributed by atoms with van der Waals surface area (Å²) in [6.45, 7) is 2.08. The van der Waals surface area contributed by atoms with Gasteiger partial charge in [-0.2, -0.15) is 0 Å². The summed E-state index contributed by atoms with van der Waals surface area (Å²) >= 11 is 2.36. The van der Waals surface area contributed by atoms with E-state index >= 15 is 0 Å². The van der Waals surface area contributed by atoms with Crippen LogP contribution in [-0.2, 0) is 0 Å². The number of hydrogen-bond acceptors (Lipinski definition) is 0. The second-order valence-electron chi connectivity index (χ2n) is 0.886. The van der Waals surface area contributed by atoms with Crippen molar-refractivity contribution in [3.63, 3.8) is 0 Å². The molecule has 0 aliphatic rings. The molecule has 0 unspecified atom stereocenters. The van der Waals surface area contributed by atoms with Crippen LogP contribution in [0.4, 0.5) is 0 Å². The zero-order valence-electron chi connectivity index (χ0n) is 3.37. The first kappa shape index (κ1) is 5.73. The van der Waals surface area contributed by atoms with E-state index in [9.17, 15) is 0 Å². The van der Waals surface area contributed by atoms with Gasteiger partial charge in [0.15, 0.2) is 0 Å². The van der Waals surface area contributed by atoms with Gasteiger partial charge in [0, 0.05) is 0 Å². The van der Waals surface area contributed by atoms with Crippen molar-refractivity contribution in [1.29, 1.82) is 0 Å². The molecule has 0 spiro atoms. The van der Waals surface area contributed by atoms with Gasteiger partial charge in [-0.15, -0.1) is 0 Å². The summed E-state index contributed by atoms with van der Waals surface area (Å²) in [7, 11) is 0. The Morgan fingerprint density at radius 1 is 1.80 bits per heavy atom. The van der Waals surface area contributed by atoms with Gasteiger partial charge in [-0.3, -0.25) is 0 Å². The highest BCUT2D eigenvalue weighted by Crippen LogP contribution is 1.88. The Bertz CT molecular complexity index is 11.1.